The first-order chi connectivity index (χ1) is 15.1. The van der Waals surface area contributed by atoms with Crippen molar-refractivity contribution in [3.63, 3.8) is 0 Å². The molecule has 1 aliphatic rings. The van der Waals surface area contributed by atoms with Gasteiger partial charge in [-0.3, -0.25) is 19.7 Å². The fraction of sp³-hybridized carbons (Fsp3) is 0.478. The van der Waals surface area contributed by atoms with Gasteiger partial charge in [-0.2, -0.15) is 0 Å². The number of nitro groups is 1. The third-order valence-corrected chi connectivity index (χ3v) is 6.20. The fourth-order valence-electron chi connectivity index (χ4n) is 4.66. The number of carbonyl (C=O) groups is 1. The second-order valence-corrected chi connectivity index (χ2v) is 8.27. The molecule has 172 valence electrons. The number of nitrogens with one attached hydrogen (secondary N) is 1. The Hall–Kier alpha value is -3.20. The molecule has 1 aliphatic heterocycles. The zero-order valence-electron chi connectivity index (χ0n) is 19.0. The predicted molar refractivity (Wildman–Crippen MR) is 123 cm³/mol. The molecule has 0 radical (unpaired) electrons. The molecule has 2 aromatic rings. The number of pyridine rings is 1. The van der Waals surface area contributed by atoms with E-state index in [4.69, 9.17) is 10.5 Å². The van der Waals surface area contributed by atoms with Crippen molar-refractivity contribution in [1.82, 2.24) is 4.98 Å². The van der Waals surface area contributed by atoms with Crippen LogP contribution in [0.15, 0.2) is 16.9 Å². The Morgan fingerprint density at radius 1 is 1.25 bits per heavy atom. The number of benzene rings is 1. The zero-order chi connectivity index (χ0) is 23.6. The average molecular weight is 443 g/mol. The van der Waals surface area contributed by atoms with Crippen LogP contribution in [0.25, 0.3) is 0 Å². The third kappa shape index (κ3) is 4.52. The van der Waals surface area contributed by atoms with Crippen LogP contribution in [0.2, 0.25) is 0 Å². The topological polar surface area (TPSA) is 132 Å². The number of aromatic amines is 1. The molecular weight excluding hydrogens is 412 g/mol. The van der Waals surface area contributed by atoms with Gasteiger partial charge in [-0.1, -0.05) is 0 Å². The number of H-pyrrole nitrogens is 1. The number of carbonyl (C=O) groups excluding carboxylic acids is 1. The van der Waals surface area contributed by atoms with Gasteiger partial charge in [0.05, 0.1) is 21.7 Å². The highest BCUT2D eigenvalue weighted by molar-refractivity contribution is 5.97. The number of rotatable bonds is 7. The Bertz CT molecular complexity index is 1100. The number of nitrogens with two attached hydrogens (primary N) is 1. The highest BCUT2D eigenvalue weighted by Crippen LogP contribution is 2.39. The summed E-state index contributed by atoms with van der Waals surface area (Å²) >= 11 is 0. The molecule has 1 aromatic carbocycles. The summed E-state index contributed by atoms with van der Waals surface area (Å²) in [7, 11) is 0. The fourth-order valence-corrected chi connectivity index (χ4v) is 4.66. The Kier molecular flexibility index (Phi) is 6.98. The van der Waals surface area contributed by atoms with Gasteiger partial charge in [0.2, 0.25) is 5.91 Å². The minimum Gasteiger partial charge on any atom is -0.381 e. The van der Waals surface area contributed by atoms with Gasteiger partial charge >= 0.3 is 0 Å². The lowest BCUT2D eigenvalue weighted by molar-refractivity contribution is -0.385. The van der Waals surface area contributed by atoms with E-state index in [2.05, 4.69) is 9.88 Å². The van der Waals surface area contributed by atoms with Gasteiger partial charge in [-0.15, -0.1) is 0 Å². The number of hydrogen-bond acceptors (Lipinski definition) is 6. The molecule has 2 heterocycles. The summed E-state index contributed by atoms with van der Waals surface area (Å²) in [6.07, 6.45) is 1.61. The van der Waals surface area contributed by atoms with E-state index in [0.29, 0.717) is 42.1 Å². The van der Waals surface area contributed by atoms with Gasteiger partial charge in [-0.05, 0) is 57.7 Å². The molecule has 0 aliphatic carbocycles. The second kappa shape index (κ2) is 9.52. The summed E-state index contributed by atoms with van der Waals surface area (Å²) in [5.41, 5.74) is 8.81. The van der Waals surface area contributed by atoms with Crippen LogP contribution in [-0.2, 0) is 11.2 Å². The molecule has 0 unspecified atom stereocenters. The molecular formula is C23H30N4O5. The van der Waals surface area contributed by atoms with Gasteiger partial charge in [0, 0.05) is 49.5 Å². The molecule has 32 heavy (non-hydrogen) atoms. The predicted octanol–water partition coefficient (Wildman–Crippen LogP) is 2.90. The van der Waals surface area contributed by atoms with Crippen LogP contribution in [-0.4, -0.2) is 41.6 Å². The molecule has 1 aromatic heterocycles. The maximum Gasteiger partial charge on any atom is 0.275 e. The van der Waals surface area contributed by atoms with E-state index in [-0.39, 0.29) is 29.3 Å². The largest absolute Gasteiger partial charge is 0.381 e. The number of hydrogen-bond donors (Lipinski definition) is 2. The summed E-state index contributed by atoms with van der Waals surface area (Å²) in [4.78, 5) is 41.4. The van der Waals surface area contributed by atoms with Gasteiger partial charge in [0.15, 0.2) is 0 Å². The molecule has 9 nitrogen and oxygen atoms in total. The molecule has 1 amide bonds. The number of amides is 1. The molecule has 9 heteroatoms. The first-order valence-electron chi connectivity index (χ1n) is 10.8. The Morgan fingerprint density at radius 2 is 1.91 bits per heavy atom. The molecule has 3 N–H and O–H groups in total. The normalized spacial score (nSPS) is 14.4. The van der Waals surface area contributed by atoms with Crippen LogP contribution in [0.4, 0.5) is 11.4 Å². The number of anilines is 1. The first-order valence-corrected chi connectivity index (χ1v) is 10.8. The minimum absolute atomic E-state index is 0.0761. The van der Waals surface area contributed by atoms with Crippen molar-refractivity contribution in [3.8, 4) is 0 Å². The summed E-state index contributed by atoms with van der Waals surface area (Å²) in [6, 6.07) is 3.20. The van der Waals surface area contributed by atoms with E-state index >= 15 is 0 Å². The molecule has 3 rings (SSSR count). The number of nitro benzene ring substituents is 1. The van der Waals surface area contributed by atoms with Crippen LogP contribution in [0.3, 0.4) is 0 Å². The Morgan fingerprint density at radius 3 is 2.44 bits per heavy atom. The van der Waals surface area contributed by atoms with Crippen molar-refractivity contribution in [3.05, 3.63) is 66.1 Å². The average Bonchev–Trinajstić information content (AvgIpc) is 2.73. The van der Waals surface area contributed by atoms with Crippen molar-refractivity contribution >= 4 is 17.3 Å². The van der Waals surface area contributed by atoms with E-state index in [1.54, 1.807) is 13.8 Å². The number of aromatic nitrogens is 1. The first kappa shape index (κ1) is 23.5. The summed E-state index contributed by atoms with van der Waals surface area (Å²) < 4.78 is 5.50. The molecule has 0 atom stereocenters. The lowest BCUT2D eigenvalue weighted by Gasteiger charge is -2.37. The molecule has 0 saturated carbocycles. The van der Waals surface area contributed by atoms with Gasteiger partial charge in [0.25, 0.3) is 11.2 Å². The number of nitrogens with zero attached hydrogens (tertiary/aromatic N) is 2. The molecule has 1 fully saturated rings. The highest BCUT2D eigenvalue weighted by atomic mass is 16.6. The van der Waals surface area contributed by atoms with E-state index in [1.807, 2.05) is 19.9 Å². The minimum atomic E-state index is -0.717. The summed E-state index contributed by atoms with van der Waals surface area (Å²) in [5.74, 6) is -0.717. The van der Waals surface area contributed by atoms with Crippen molar-refractivity contribution in [2.75, 3.05) is 24.7 Å². The van der Waals surface area contributed by atoms with Crippen molar-refractivity contribution in [2.45, 2.75) is 53.0 Å². The maximum absolute atomic E-state index is 12.7. The second-order valence-electron chi connectivity index (χ2n) is 8.27. The lowest BCUT2D eigenvalue weighted by atomic mass is 9.91. The molecule has 0 spiro atoms. The van der Waals surface area contributed by atoms with E-state index in [0.717, 1.165) is 24.1 Å². The van der Waals surface area contributed by atoms with Crippen LogP contribution in [0.1, 0.15) is 58.1 Å². The number of ether oxygens (including phenoxy) is 1. The molecule has 0 bridgehead atoms. The van der Waals surface area contributed by atoms with Gasteiger partial charge < -0.3 is 20.4 Å². The quantitative estimate of drug-likeness (QED) is 0.501. The van der Waals surface area contributed by atoms with Crippen LogP contribution >= 0.6 is 0 Å². The van der Waals surface area contributed by atoms with Crippen LogP contribution < -0.4 is 16.2 Å². The smallest absolute Gasteiger partial charge is 0.275 e. The van der Waals surface area contributed by atoms with E-state index < -0.39 is 10.8 Å². The monoisotopic (exact) mass is 442 g/mol. The van der Waals surface area contributed by atoms with Gasteiger partial charge in [0.1, 0.15) is 0 Å². The summed E-state index contributed by atoms with van der Waals surface area (Å²) in [5, 5.41) is 12.1. The van der Waals surface area contributed by atoms with Crippen LogP contribution in [0, 0.1) is 30.9 Å². The zero-order valence-corrected chi connectivity index (χ0v) is 19.0. The molecule has 1 saturated heterocycles. The Balaban J connectivity index is 2.30. The summed E-state index contributed by atoms with van der Waals surface area (Å²) in [6.45, 7) is 9.14. The van der Waals surface area contributed by atoms with Crippen molar-refractivity contribution in [2.24, 2.45) is 5.73 Å². The number of aryl methyl sites for hydroxylation is 2. The maximum atomic E-state index is 12.7. The van der Waals surface area contributed by atoms with Crippen molar-refractivity contribution < 1.29 is 14.5 Å². The standard InChI is InChI=1S/C23H30N4O5/c1-5-26(16-6-8-32-9-7-16)21-15(4)18(22(24)28)12-20(27(30)31)19(21)11-17-13(2)10-14(3)25-23(17)29/h10,12,16H,5-9,11H2,1-4H3,(H2,24,28)(H,25,29). The Labute approximate surface area is 186 Å². The SMILES string of the molecule is CCN(c1c(C)c(C(N)=O)cc([N+](=O)[O-])c1Cc1c(C)cc(C)[nH]c1=O)C1CCOCC1. The highest BCUT2D eigenvalue weighted by Gasteiger charge is 2.31. The number of primary amides is 1. The third-order valence-electron chi connectivity index (χ3n) is 6.20. The van der Waals surface area contributed by atoms with Crippen LogP contribution in [0.5, 0.6) is 0 Å². The van der Waals surface area contributed by atoms with E-state index in [1.165, 1.54) is 6.07 Å². The van der Waals surface area contributed by atoms with E-state index in [9.17, 15) is 19.7 Å². The lowest BCUT2D eigenvalue weighted by Crippen LogP contribution is -2.41. The van der Waals surface area contributed by atoms with Crippen molar-refractivity contribution in [1.29, 1.82) is 0 Å². The van der Waals surface area contributed by atoms with Gasteiger partial charge in [-0.25, -0.2) is 0 Å².